The summed E-state index contributed by atoms with van der Waals surface area (Å²) in [5, 5.41) is 8.22. The fraction of sp³-hybridized carbons (Fsp3) is 0.412. The molecule has 1 atom stereocenters. The average molecular weight is 416 g/mol. The van der Waals surface area contributed by atoms with Crippen LogP contribution in [0.15, 0.2) is 18.2 Å². The Bertz CT molecular complexity index is 890. The molecule has 0 bridgehead atoms. The summed E-state index contributed by atoms with van der Waals surface area (Å²) in [6.07, 6.45) is 0. The van der Waals surface area contributed by atoms with E-state index in [2.05, 4.69) is 10.4 Å². The third-order valence-corrected chi connectivity index (χ3v) is 5.55. The van der Waals surface area contributed by atoms with E-state index >= 15 is 0 Å². The molecule has 0 saturated carbocycles. The van der Waals surface area contributed by atoms with Crippen molar-refractivity contribution in [2.45, 2.75) is 37.8 Å². The number of ether oxygens (including phenoxy) is 1. The first kappa shape index (κ1) is 19.2. The van der Waals surface area contributed by atoms with Crippen LogP contribution >= 0.6 is 23.2 Å². The van der Waals surface area contributed by atoms with Crippen molar-refractivity contribution in [2.75, 3.05) is 11.9 Å². The summed E-state index contributed by atoms with van der Waals surface area (Å²) in [6, 6.07) is 4.79. The fourth-order valence-electron chi connectivity index (χ4n) is 2.65. The van der Waals surface area contributed by atoms with Gasteiger partial charge in [0.05, 0.1) is 27.8 Å². The zero-order valence-electron chi connectivity index (χ0n) is 14.6. The first-order valence-electron chi connectivity index (χ1n) is 7.99. The molecule has 2 aromatic rings. The summed E-state index contributed by atoms with van der Waals surface area (Å²) in [5.74, 6) is 1.42. The highest BCUT2D eigenvalue weighted by Gasteiger charge is 2.31. The molecule has 140 valence electrons. The minimum Gasteiger partial charge on any atom is -0.482 e. The monoisotopic (exact) mass is 415 g/mol. The second-order valence-corrected chi connectivity index (χ2v) is 9.30. The third-order valence-electron chi connectivity index (χ3n) is 3.82. The highest BCUT2D eigenvalue weighted by molar-refractivity contribution is 7.83. The van der Waals surface area contributed by atoms with Gasteiger partial charge in [-0.05, 0) is 39.0 Å². The van der Waals surface area contributed by atoms with Crippen LogP contribution in [0.3, 0.4) is 0 Å². The average Bonchev–Trinajstić information content (AvgIpc) is 3.03. The fourth-order valence-corrected chi connectivity index (χ4v) is 4.37. The molecule has 1 aliphatic rings. The molecule has 1 N–H and O–H groups in total. The first-order valence-corrected chi connectivity index (χ1v) is 10.2. The molecule has 1 aromatic heterocycles. The number of fused-ring (bicyclic) bond motifs is 1. The summed E-state index contributed by atoms with van der Waals surface area (Å²) in [7, 11) is -0.976. The number of aromatic nitrogens is 2. The van der Waals surface area contributed by atoms with Gasteiger partial charge in [-0.25, -0.2) is 4.68 Å². The van der Waals surface area contributed by atoms with Crippen molar-refractivity contribution in [2.24, 2.45) is 0 Å². The molecule has 2 heterocycles. The normalized spacial score (nSPS) is 16.4. The lowest BCUT2D eigenvalue weighted by Gasteiger charge is -2.23. The molecule has 1 aromatic carbocycles. The Kier molecular flexibility index (Phi) is 5.33. The predicted octanol–water partition coefficient (Wildman–Crippen LogP) is 3.72. The van der Waals surface area contributed by atoms with E-state index in [1.165, 1.54) is 0 Å². The molecule has 6 nitrogen and oxygen atoms in total. The predicted molar refractivity (Wildman–Crippen MR) is 103 cm³/mol. The number of halogens is 2. The van der Waals surface area contributed by atoms with Gasteiger partial charge >= 0.3 is 0 Å². The minimum atomic E-state index is -0.976. The molecule has 1 aliphatic heterocycles. The van der Waals surface area contributed by atoms with Gasteiger partial charge < -0.3 is 10.1 Å². The van der Waals surface area contributed by atoms with E-state index in [1.807, 2.05) is 20.8 Å². The lowest BCUT2D eigenvalue weighted by molar-refractivity contribution is -0.118. The van der Waals surface area contributed by atoms with E-state index in [4.69, 9.17) is 27.9 Å². The molecule has 1 amide bonds. The maximum Gasteiger partial charge on any atom is 0.263 e. The van der Waals surface area contributed by atoms with Gasteiger partial charge in [0.2, 0.25) is 0 Å². The van der Waals surface area contributed by atoms with Gasteiger partial charge in [-0.15, -0.1) is 0 Å². The van der Waals surface area contributed by atoms with Gasteiger partial charge in [0.1, 0.15) is 11.6 Å². The van der Waals surface area contributed by atoms with Crippen LogP contribution in [-0.4, -0.2) is 26.5 Å². The lowest BCUT2D eigenvalue weighted by Crippen LogP contribution is -2.29. The summed E-state index contributed by atoms with van der Waals surface area (Å²) in [5.41, 5.74) is 1.28. The van der Waals surface area contributed by atoms with Crippen molar-refractivity contribution in [3.8, 4) is 5.75 Å². The summed E-state index contributed by atoms with van der Waals surface area (Å²) in [6.45, 7) is 5.76. The number of hydrogen-bond donors (Lipinski definition) is 1. The summed E-state index contributed by atoms with van der Waals surface area (Å²) >= 11 is 11.9. The van der Waals surface area contributed by atoms with Crippen LogP contribution in [0.2, 0.25) is 10.0 Å². The Balaban J connectivity index is 1.76. The molecule has 0 unspecified atom stereocenters. The third kappa shape index (κ3) is 4.05. The smallest absolute Gasteiger partial charge is 0.263 e. The van der Waals surface area contributed by atoms with Crippen molar-refractivity contribution in [3.63, 3.8) is 0 Å². The Morgan fingerprint density at radius 1 is 1.35 bits per heavy atom. The van der Waals surface area contributed by atoms with Crippen molar-refractivity contribution in [3.05, 3.63) is 39.5 Å². The van der Waals surface area contributed by atoms with Crippen LogP contribution in [0, 0.1) is 0 Å². The first-order chi connectivity index (χ1) is 12.1. The van der Waals surface area contributed by atoms with E-state index in [9.17, 15) is 9.00 Å². The zero-order valence-corrected chi connectivity index (χ0v) is 17.0. The van der Waals surface area contributed by atoms with Gasteiger partial charge in [-0.3, -0.25) is 9.00 Å². The molecule has 0 saturated heterocycles. The van der Waals surface area contributed by atoms with Crippen LogP contribution in [0.5, 0.6) is 5.75 Å². The van der Waals surface area contributed by atoms with Crippen LogP contribution in [-0.2, 0) is 32.6 Å². The number of hydrogen-bond acceptors (Lipinski definition) is 4. The number of benzene rings is 1. The van der Waals surface area contributed by atoms with Crippen LogP contribution < -0.4 is 10.1 Å². The standard InChI is InChI=1S/C17H19Cl2N3O3S/c1-17(2,3)22-16(11-8-26(24)9-13(11)21-22)20-15(23)7-25-14-5-4-10(18)6-12(14)19/h4-6H,7-9H2,1-3H3,(H,20,23)/t26-/m0/s1. The van der Waals surface area contributed by atoms with Gasteiger partial charge in [-0.1, -0.05) is 23.2 Å². The SMILES string of the molecule is CC(C)(C)n1nc2c(c1NC(=O)COc1ccc(Cl)cc1Cl)C[S@](=O)C2. The number of carbonyl (C=O) groups is 1. The van der Waals surface area contributed by atoms with E-state index in [1.54, 1.807) is 22.9 Å². The molecule has 0 fully saturated rings. The Hall–Kier alpha value is -1.57. The van der Waals surface area contributed by atoms with Gasteiger partial charge in [-0.2, -0.15) is 5.10 Å². The Morgan fingerprint density at radius 2 is 2.08 bits per heavy atom. The van der Waals surface area contributed by atoms with Crippen LogP contribution in [0.25, 0.3) is 0 Å². The second-order valence-electron chi connectivity index (χ2n) is 7.00. The quantitative estimate of drug-likeness (QED) is 0.825. The summed E-state index contributed by atoms with van der Waals surface area (Å²) in [4.78, 5) is 12.4. The number of rotatable bonds is 4. The van der Waals surface area contributed by atoms with Gasteiger partial charge in [0.25, 0.3) is 5.91 Å². The van der Waals surface area contributed by atoms with Crippen molar-refractivity contribution < 1.29 is 13.7 Å². The Morgan fingerprint density at radius 3 is 2.73 bits per heavy atom. The molecule has 0 spiro atoms. The number of nitrogens with zero attached hydrogens (tertiary/aromatic N) is 2. The topological polar surface area (TPSA) is 73.2 Å². The van der Waals surface area contributed by atoms with Gasteiger partial charge in [0, 0.05) is 21.4 Å². The minimum absolute atomic E-state index is 0.214. The van der Waals surface area contributed by atoms with Crippen LogP contribution in [0.4, 0.5) is 5.82 Å². The molecular formula is C17H19Cl2N3O3S. The maximum absolute atomic E-state index is 12.4. The highest BCUT2D eigenvalue weighted by Crippen LogP contribution is 2.33. The number of nitrogens with one attached hydrogen (secondary N) is 1. The van der Waals surface area contributed by atoms with E-state index in [-0.39, 0.29) is 18.1 Å². The maximum atomic E-state index is 12.4. The number of carbonyl (C=O) groups excluding carboxylic acids is 1. The zero-order chi connectivity index (χ0) is 19.1. The second kappa shape index (κ2) is 7.21. The molecule has 3 rings (SSSR count). The van der Waals surface area contributed by atoms with E-state index in [0.717, 1.165) is 11.3 Å². The van der Waals surface area contributed by atoms with Crippen molar-refractivity contribution in [1.29, 1.82) is 0 Å². The van der Waals surface area contributed by atoms with Gasteiger partial charge in [0.15, 0.2) is 6.61 Å². The van der Waals surface area contributed by atoms with E-state index < -0.39 is 10.8 Å². The molecule has 26 heavy (non-hydrogen) atoms. The summed E-state index contributed by atoms with van der Waals surface area (Å²) < 4.78 is 19.1. The van der Waals surface area contributed by atoms with Crippen LogP contribution in [0.1, 0.15) is 32.0 Å². The molecule has 0 radical (unpaired) electrons. The highest BCUT2D eigenvalue weighted by atomic mass is 35.5. The van der Waals surface area contributed by atoms with Crippen molar-refractivity contribution in [1.82, 2.24) is 9.78 Å². The molecule has 9 heteroatoms. The molecular weight excluding hydrogens is 397 g/mol. The number of amides is 1. The Labute approximate surface area is 164 Å². The molecule has 0 aliphatic carbocycles. The van der Waals surface area contributed by atoms with Crippen molar-refractivity contribution >= 4 is 45.7 Å². The van der Waals surface area contributed by atoms with E-state index in [0.29, 0.717) is 33.1 Å². The lowest BCUT2D eigenvalue weighted by atomic mass is 10.1. The number of anilines is 1. The largest absolute Gasteiger partial charge is 0.482 e.